The number of carboxylic acids is 2. The van der Waals surface area contributed by atoms with Crippen molar-refractivity contribution < 1.29 is 24.9 Å². The van der Waals surface area contributed by atoms with E-state index >= 15 is 0 Å². The Morgan fingerprint density at radius 1 is 1.17 bits per heavy atom. The summed E-state index contributed by atoms with van der Waals surface area (Å²) in [6, 6.07) is 0. The topological polar surface area (TPSA) is 124 Å². The van der Waals surface area contributed by atoms with Crippen LogP contribution < -0.4 is 5.73 Å². The van der Waals surface area contributed by atoms with Gasteiger partial charge in [0.05, 0.1) is 0 Å². The Kier molecular flexibility index (Phi) is 9.17. The molecular formula is C11H22N2O5. The molecule has 0 radical (unpaired) electrons. The number of rotatable bonds is 4. The molecule has 0 spiro atoms. The van der Waals surface area contributed by atoms with Gasteiger partial charge in [-0.3, -0.25) is 0 Å². The number of aliphatic hydroxyl groups is 1. The van der Waals surface area contributed by atoms with Crippen LogP contribution in [0.2, 0.25) is 0 Å². The van der Waals surface area contributed by atoms with Crippen molar-refractivity contribution in [2.75, 3.05) is 32.8 Å². The van der Waals surface area contributed by atoms with Gasteiger partial charge in [0.25, 0.3) is 0 Å². The van der Waals surface area contributed by atoms with E-state index in [2.05, 4.69) is 4.90 Å². The molecule has 1 aliphatic heterocycles. The van der Waals surface area contributed by atoms with Crippen molar-refractivity contribution in [1.29, 1.82) is 0 Å². The maximum Gasteiger partial charge on any atom is 0.414 e. The number of carbonyl (C=O) groups is 2. The lowest BCUT2D eigenvalue weighted by molar-refractivity contribution is -0.159. The number of hydrogen-bond acceptors (Lipinski definition) is 5. The van der Waals surface area contributed by atoms with Crippen molar-refractivity contribution >= 4 is 11.9 Å². The van der Waals surface area contributed by atoms with Gasteiger partial charge in [-0.05, 0) is 38.3 Å². The van der Waals surface area contributed by atoms with Crippen molar-refractivity contribution in [3.8, 4) is 0 Å². The number of aliphatic hydroxyl groups excluding tert-OH is 1. The van der Waals surface area contributed by atoms with Crippen molar-refractivity contribution in [2.45, 2.75) is 19.3 Å². The summed E-state index contributed by atoms with van der Waals surface area (Å²) in [4.78, 5) is 20.6. The molecule has 106 valence electrons. The molecule has 0 atom stereocenters. The van der Waals surface area contributed by atoms with E-state index in [1.54, 1.807) is 0 Å². The summed E-state index contributed by atoms with van der Waals surface area (Å²) in [5.74, 6) is -2.89. The lowest BCUT2D eigenvalue weighted by atomic mass is 9.94. The molecule has 0 saturated carbocycles. The van der Waals surface area contributed by atoms with Crippen LogP contribution in [-0.2, 0) is 9.59 Å². The summed E-state index contributed by atoms with van der Waals surface area (Å²) in [6.45, 7) is 4.49. The van der Waals surface area contributed by atoms with Gasteiger partial charge >= 0.3 is 11.9 Å². The second-order valence-corrected chi connectivity index (χ2v) is 4.20. The maximum absolute atomic E-state index is 9.10. The van der Waals surface area contributed by atoms with Gasteiger partial charge in [0.1, 0.15) is 0 Å². The first kappa shape index (κ1) is 16.8. The predicted octanol–water partition coefficient (Wildman–Crippen LogP) is -0.805. The number of aliphatic carboxylic acids is 2. The first-order valence-electron chi connectivity index (χ1n) is 6.00. The normalized spacial score (nSPS) is 16.8. The third kappa shape index (κ3) is 7.99. The van der Waals surface area contributed by atoms with Crippen LogP contribution in [0.25, 0.3) is 0 Å². The summed E-state index contributed by atoms with van der Waals surface area (Å²) in [5.41, 5.74) is 5.47. The van der Waals surface area contributed by atoms with E-state index in [1.165, 1.54) is 25.9 Å². The molecule has 0 unspecified atom stereocenters. The molecule has 1 aliphatic rings. The van der Waals surface area contributed by atoms with Crippen LogP contribution in [0, 0.1) is 5.92 Å². The highest BCUT2D eigenvalue weighted by Gasteiger charge is 2.17. The van der Waals surface area contributed by atoms with Crippen LogP contribution in [0.1, 0.15) is 19.3 Å². The van der Waals surface area contributed by atoms with Crippen LogP contribution in [0.5, 0.6) is 0 Å². The van der Waals surface area contributed by atoms with Crippen LogP contribution in [-0.4, -0.2) is 64.9 Å². The van der Waals surface area contributed by atoms with E-state index in [9.17, 15) is 0 Å². The van der Waals surface area contributed by atoms with E-state index < -0.39 is 11.9 Å². The zero-order chi connectivity index (χ0) is 14.0. The molecule has 1 rings (SSSR count). The van der Waals surface area contributed by atoms with Crippen LogP contribution in [0.15, 0.2) is 0 Å². The van der Waals surface area contributed by atoms with Gasteiger partial charge in [-0.25, -0.2) is 9.59 Å². The van der Waals surface area contributed by atoms with E-state index in [-0.39, 0.29) is 0 Å². The number of hydrogen-bond donors (Lipinski definition) is 4. The fourth-order valence-corrected chi connectivity index (χ4v) is 1.86. The second-order valence-electron chi connectivity index (χ2n) is 4.20. The Morgan fingerprint density at radius 2 is 1.67 bits per heavy atom. The second kappa shape index (κ2) is 9.81. The quantitative estimate of drug-likeness (QED) is 0.489. The molecule has 18 heavy (non-hydrogen) atoms. The lowest BCUT2D eigenvalue weighted by Crippen LogP contribution is -2.37. The number of nitrogens with two attached hydrogens (primary N) is 1. The van der Waals surface area contributed by atoms with Crippen molar-refractivity contribution in [2.24, 2.45) is 11.7 Å². The number of piperidine rings is 1. The van der Waals surface area contributed by atoms with E-state index in [1.807, 2.05) is 0 Å². The fourth-order valence-electron chi connectivity index (χ4n) is 1.86. The van der Waals surface area contributed by atoms with Gasteiger partial charge in [0, 0.05) is 19.7 Å². The third-order valence-electron chi connectivity index (χ3n) is 2.87. The lowest BCUT2D eigenvalue weighted by Gasteiger charge is -2.31. The standard InChI is InChI=1S/C9H20N2O.C2H2O4/c10-4-7-11-5-1-9(2-6-11)3-8-12;3-1(4)2(5)6/h9,12H,1-8,10H2;(H,3,4)(H,5,6). The Morgan fingerprint density at radius 3 is 2.00 bits per heavy atom. The number of nitrogens with zero attached hydrogens (tertiary/aromatic N) is 1. The molecule has 0 aliphatic carbocycles. The Balaban J connectivity index is 0.000000411. The predicted molar refractivity (Wildman–Crippen MR) is 65.2 cm³/mol. The highest BCUT2D eigenvalue weighted by atomic mass is 16.4. The van der Waals surface area contributed by atoms with Gasteiger partial charge in [-0.1, -0.05) is 0 Å². The summed E-state index contributed by atoms with van der Waals surface area (Å²) >= 11 is 0. The van der Waals surface area contributed by atoms with Crippen LogP contribution in [0.4, 0.5) is 0 Å². The van der Waals surface area contributed by atoms with Crippen LogP contribution in [0.3, 0.4) is 0 Å². The average molecular weight is 262 g/mol. The molecule has 5 N–H and O–H groups in total. The first-order valence-corrected chi connectivity index (χ1v) is 6.00. The Labute approximate surface area is 106 Å². The summed E-state index contributed by atoms with van der Waals surface area (Å²) in [6.07, 6.45) is 3.46. The zero-order valence-electron chi connectivity index (χ0n) is 10.4. The highest BCUT2D eigenvalue weighted by Crippen LogP contribution is 2.19. The smallest absolute Gasteiger partial charge is 0.414 e. The maximum atomic E-state index is 9.10. The minimum Gasteiger partial charge on any atom is -0.473 e. The van der Waals surface area contributed by atoms with Crippen molar-refractivity contribution in [1.82, 2.24) is 4.90 Å². The molecule has 0 aromatic carbocycles. The van der Waals surface area contributed by atoms with Gasteiger partial charge < -0.3 is 26.0 Å². The summed E-state index contributed by atoms with van der Waals surface area (Å²) in [7, 11) is 0. The molecule has 0 aromatic rings. The number of carboxylic acid groups (broad SMARTS) is 2. The molecule has 7 nitrogen and oxygen atoms in total. The van der Waals surface area contributed by atoms with Gasteiger partial charge in [0.15, 0.2) is 0 Å². The van der Waals surface area contributed by atoms with E-state index in [4.69, 9.17) is 30.6 Å². The molecule has 1 heterocycles. The largest absolute Gasteiger partial charge is 0.473 e. The number of likely N-dealkylation sites (tertiary alicyclic amines) is 1. The molecule has 0 amide bonds. The molecule has 7 heteroatoms. The highest BCUT2D eigenvalue weighted by molar-refractivity contribution is 6.27. The molecule has 1 saturated heterocycles. The zero-order valence-corrected chi connectivity index (χ0v) is 10.4. The fraction of sp³-hybridized carbons (Fsp3) is 0.818. The average Bonchev–Trinajstić information content (AvgIpc) is 2.33. The van der Waals surface area contributed by atoms with Crippen molar-refractivity contribution in [3.05, 3.63) is 0 Å². The molecular weight excluding hydrogens is 240 g/mol. The van der Waals surface area contributed by atoms with E-state index in [0.717, 1.165) is 25.4 Å². The Bertz CT molecular complexity index is 226. The summed E-state index contributed by atoms with van der Waals surface area (Å²) < 4.78 is 0. The first-order chi connectivity index (χ1) is 8.51. The monoisotopic (exact) mass is 262 g/mol. The third-order valence-corrected chi connectivity index (χ3v) is 2.87. The molecule has 0 aromatic heterocycles. The van der Waals surface area contributed by atoms with Gasteiger partial charge in [0.2, 0.25) is 0 Å². The van der Waals surface area contributed by atoms with Crippen LogP contribution >= 0.6 is 0 Å². The van der Waals surface area contributed by atoms with E-state index in [0.29, 0.717) is 6.61 Å². The SMILES string of the molecule is NCCN1CCC(CCO)CC1.O=C(O)C(=O)O. The van der Waals surface area contributed by atoms with Crippen molar-refractivity contribution in [3.63, 3.8) is 0 Å². The molecule has 1 fully saturated rings. The molecule has 0 bridgehead atoms. The minimum absolute atomic E-state index is 0.349. The van der Waals surface area contributed by atoms with Gasteiger partial charge in [-0.15, -0.1) is 0 Å². The van der Waals surface area contributed by atoms with Gasteiger partial charge in [-0.2, -0.15) is 0 Å². The minimum atomic E-state index is -1.82. The Hall–Kier alpha value is -1.18. The summed E-state index contributed by atoms with van der Waals surface area (Å²) in [5, 5.41) is 23.5.